The van der Waals surface area contributed by atoms with Crippen LogP contribution in [-0.2, 0) is 9.53 Å². The van der Waals surface area contributed by atoms with Crippen molar-refractivity contribution in [1.29, 1.82) is 0 Å². The Morgan fingerprint density at radius 2 is 1.97 bits per heavy atom. The third-order valence-electron chi connectivity index (χ3n) is 3.92. The molecule has 9 heteroatoms. The summed E-state index contributed by atoms with van der Waals surface area (Å²) in [5, 5.41) is 8.87. The summed E-state index contributed by atoms with van der Waals surface area (Å²) in [6.07, 6.45) is 2.96. The SMILES string of the molecule is C=CCNC(=O)NC(=O)COC(=O)c1cn(-c2ccccc2)nc1-c1ccc(C)o1. The number of nitrogens with one attached hydrogen (secondary N) is 2. The number of rotatable bonds is 7. The molecule has 9 nitrogen and oxygen atoms in total. The average molecular weight is 408 g/mol. The zero-order valence-corrected chi connectivity index (χ0v) is 16.3. The van der Waals surface area contributed by atoms with E-state index in [-0.39, 0.29) is 17.8 Å². The first-order valence-electron chi connectivity index (χ1n) is 9.05. The molecule has 154 valence electrons. The van der Waals surface area contributed by atoms with E-state index in [1.807, 2.05) is 35.6 Å². The Labute approximate surface area is 172 Å². The van der Waals surface area contributed by atoms with Crippen molar-refractivity contribution < 1.29 is 23.5 Å². The fraction of sp³-hybridized carbons (Fsp3) is 0.143. The number of nitrogens with zero attached hydrogens (tertiary/aromatic N) is 2. The molecule has 0 unspecified atom stereocenters. The first-order chi connectivity index (χ1) is 14.5. The molecule has 3 rings (SSSR count). The fourth-order valence-corrected chi connectivity index (χ4v) is 2.56. The maximum Gasteiger partial charge on any atom is 0.342 e. The van der Waals surface area contributed by atoms with Gasteiger partial charge in [-0.25, -0.2) is 14.3 Å². The molecule has 0 saturated heterocycles. The highest BCUT2D eigenvalue weighted by Gasteiger charge is 2.23. The van der Waals surface area contributed by atoms with Crippen molar-refractivity contribution in [2.24, 2.45) is 0 Å². The third kappa shape index (κ3) is 5.02. The molecule has 3 amide bonds. The summed E-state index contributed by atoms with van der Waals surface area (Å²) < 4.78 is 12.2. The summed E-state index contributed by atoms with van der Waals surface area (Å²) in [6, 6.07) is 11.9. The van der Waals surface area contributed by atoms with Crippen LogP contribution in [0, 0.1) is 6.92 Å². The summed E-state index contributed by atoms with van der Waals surface area (Å²) in [7, 11) is 0. The van der Waals surface area contributed by atoms with Crippen molar-refractivity contribution in [3.05, 3.63) is 72.6 Å². The van der Waals surface area contributed by atoms with Crippen LogP contribution in [0.3, 0.4) is 0 Å². The highest BCUT2D eigenvalue weighted by molar-refractivity contribution is 5.99. The van der Waals surface area contributed by atoms with E-state index < -0.39 is 24.5 Å². The molecule has 0 aliphatic rings. The average Bonchev–Trinajstić information content (AvgIpc) is 3.37. The van der Waals surface area contributed by atoms with E-state index in [9.17, 15) is 14.4 Å². The maximum atomic E-state index is 12.6. The maximum absolute atomic E-state index is 12.6. The Bertz CT molecular complexity index is 1070. The second-order valence-corrected chi connectivity index (χ2v) is 6.20. The molecule has 2 aromatic heterocycles. The molecule has 0 saturated carbocycles. The second kappa shape index (κ2) is 9.37. The number of benzene rings is 1. The Hall–Kier alpha value is -4.14. The van der Waals surface area contributed by atoms with Gasteiger partial charge < -0.3 is 14.5 Å². The number of hydrogen-bond donors (Lipinski definition) is 2. The highest BCUT2D eigenvalue weighted by atomic mass is 16.5. The predicted octanol–water partition coefficient (Wildman–Crippen LogP) is 2.61. The van der Waals surface area contributed by atoms with Crippen molar-refractivity contribution in [2.75, 3.05) is 13.2 Å². The Balaban J connectivity index is 1.77. The zero-order chi connectivity index (χ0) is 21.5. The number of furan rings is 1. The van der Waals surface area contributed by atoms with Gasteiger partial charge in [-0.3, -0.25) is 10.1 Å². The first kappa shape index (κ1) is 20.6. The number of carbonyl (C=O) groups is 3. The van der Waals surface area contributed by atoms with E-state index in [2.05, 4.69) is 17.0 Å². The lowest BCUT2D eigenvalue weighted by atomic mass is 10.2. The van der Waals surface area contributed by atoms with Crippen molar-refractivity contribution in [2.45, 2.75) is 6.92 Å². The number of urea groups is 1. The molecule has 0 aliphatic carbocycles. The van der Waals surface area contributed by atoms with Crippen LogP contribution in [0.4, 0.5) is 4.79 Å². The minimum atomic E-state index is -0.775. The lowest BCUT2D eigenvalue weighted by Crippen LogP contribution is -2.41. The number of aromatic nitrogens is 2. The monoisotopic (exact) mass is 408 g/mol. The molecule has 0 atom stereocenters. The Morgan fingerprint density at radius 3 is 2.63 bits per heavy atom. The lowest BCUT2D eigenvalue weighted by Gasteiger charge is -2.06. The predicted molar refractivity (Wildman–Crippen MR) is 108 cm³/mol. The summed E-state index contributed by atoms with van der Waals surface area (Å²) in [5.41, 5.74) is 1.14. The van der Waals surface area contributed by atoms with E-state index in [0.29, 0.717) is 11.5 Å². The number of carbonyl (C=O) groups excluding carboxylic acids is 3. The number of aryl methyl sites for hydroxylation is 1. The van der Waals surface area contributed by atoms with E-state index in [1.54, 1.807) is 19.1 Å². The topological polar surface area (TPSA) is 115 Å². The number of imide groups is 1. The molecule has 0 bridgehead atoms. The third-order valence-corrected chi connectivity index (χ3v) is 3.92. The molecular weight excluding hydrogens is 388 g/mol. The normalized spacial score (nSPS) is 10.3. The van der Waals surface area contributed by atoms with Gasteiger partial charge in [0.1, 0.15) is 17.0 Å². The quantitative estimate of drug-likeness (QED) is 0.459. The second-order valence-electron chi connectivity index (χ2n) is 6.20. The molecular formula is C21H20N4O5. The fourth-order valence-electron chi connectivity index (χ4n) is 2.56. The molecule has 1 aromatic carbocycles. The minimum Gasteiger partial charge on any atom is -0.460 e. The molecule has 30 heavy (non-hydrogen) atoms. The van der Waals surface area contributed by atoms with Crippen LogP contribution in [0.15, 0.2) is 65.7 Å². The smallest absolute Gasteiger partial charge is 0.342 e. The molecule has 2 heterocycles. The molecule has 2 N–H and O–H groups in total. The van der Waals surface area contributed by atoms with Gasteiger partial charge in [0.25, 0.3) is 5.91 Å². The van der Waals surface area contributed by atoms with Gasteiger partial charge in [0.2, 0.25) is 0 Å². The van der Waals surface area contributed by atoms with E-state index >= 15 is 0 Å². The van der Waals surface area contributed by atoms with Crippen molar-refractivity contribution >= 4 is 17.9 Å². The van der Waals surface area contributed by atoms with Gasteiger partial charge in [0.05, 0.1) is 5.69 Å². The largest absolute Gasteiger partial charge is 0.460 e. The Kier molecular flexibility index (Phi) is 6.43. The number of esters is 1. The van der Waals surface area contributed by atoms with Crippen LogP contribution in [0.1, 0.15) is 16.1 Å². The van der Waals surface area contributed by atoms with Gasteiger partial charge >= 0.3 is 12.0 Å². The van der Waals surface area contributed by atoms with Gasteiger partial charge in [-0.2, -0.15) is 5.10 Å². The molecule has 0 aliphatic heterocycles. The number of ether oxygens (including phenoxy) is 1. The molecule has 3 aromatic rings. The van der Waals surface area contributed by atoms with Gasteiger partial charge in [0.15, 0.2) is 12.4 Å². The minimum absolute atomic E-state index is 0.122. The summed E-state index contributed by atoms with van der Waals surface area (Å²) in [6.45, 7) is 4.79. The van der Waals surface area contributed by atoms with E-state index in [0.717, 1.165) is 5.69 Å². The molecule has 0 fully saturated rings. The van der Waals surface area contributed by atoms with E-state index in [4.69, 9.17) is 9.15 Å². The molecule has 0 radical (unpaired) electrons. The number of amides is 3. The number of hydrogen-bond acceptors (Lipinski definition) is 6. The van der Waals surface area contributed by atoms with Gasteiger partial charge in [-0.15, -0.1) is 6.58 Å². The van der Waals surface area contributed by atoms with Gasteiger partial charge in [-0.05, 0) is 31.2 Å². The first-order valence-corrected chi connectivity index (χ1v) is 9.05. The highest BCUT2D eigenvalue weighted by Crippen LogP contribution is 2.26. The Morgan fingerprint density at radius 1 is 1.20 bits per heavy atom. The zero-order valence-electron chi connectivity index (χ0n) is 16.3. The van der Waals surface area contributed by atoms with Crippen LogP contribution < -0.4 is 10.6 Å². The van der Waals surface area contributed by atoms with Crippen LogP contribution >= 0.6 is 0 Å². The summed E-state index contributed by atoms with van der Waals surface area (Å²) in [4.78, 5) is 35.9. The van der Waals surface area contributed by atoms with Crippen molar-refractivity contribution in [3.63, 3.8) is 0 Å². The summed E-state index contributed by atoms with van der Waals surface area (Å²) >= 11 is 0. The van der Waals surface area contributed by atoms with Crippen LogP contribution in [0.2, 0.25) is 0 Å². The van der Waals surface area contributed by atoms with Crippen molar-refractivity contribution in [3.8, 4) is 17.1 Å². The lowest BCUT2D eigenvalue weighted by molar-refractivity contribution is -0.123. The standard InChI is InChI=1S/C21H20N4O5/c1-3-11-22-21(28)23-18(26)13-29-20(27)16-12-25(15-7-5-4-6-8-15)24-19(16)17-10-9-14(2)30-17/h3-10,12H,1,11,13H2,2H3,(H2,22,23,26,28). The van der Waals surface area contributed by atoms with Crippen LogP contribution in [0.5, 0.6) is 0 Å². The van der Waals surface area contributed by atoms with Gasteiger partial charge in [-0.1, -0.05) is 24.3 Å². The number of para-hydroxylation sites is 1. The van der Waals surface area contributed by atoms with E-state index in [1.165, 1.54) is 17.0 Å². The van der Waals surface area contributed by atoms with Gasteiger partial charge in [0, 0.05) is 12.7 Å². The summed E-state index contributed by atoms with van der Waals surface area (Å²) in [5.74, 6) is -0.496. The van der Waals surface area contributed by atoms with Crippen LogP contribution in [0.25, 0.3) is 17.1 Å². The molecule has 0 spiro atoms. The van der Waals surface area contributed by atoms with Crippen molar-refractivity contribution in [1.82, 2.24) is 20.4 Å². The van der Waals surface area contributed by atoms with Crippen LogP contribution in [-0.4, -0.2) is 40.8 Å².